The van der Waals surface area contributed by atoms with Crippen molar-refractivity contribution in [2.75, 3.05) is 18.1 Å². The second-order valence-corrected chi connectivity index (χ2v) is 8.06. The van der Waals surface area contributed by atoms with Crippen LogP contribution in [0.5, 0.6) is 0 Å². The monoisotopic (exact) mass is 407 g/mol. The average Bonchev–Trinajstić information content (AvgIpc) is 3.08. The van der Waals surface area contributed by atoms with E-state index in [1.807, 2.05) is 29.3 Å². The van der Waals surface area contributed by atoms with Gasteiger partial charge in [-0.25, -0.2) is 0 Å². The zero-order chi connectivity index (χ0) is 18.1. The van der Waals surface area contributed by atoms with Gasteiger partial charge < -0.3 is 4.90 Å². The van der Waals surface area contributed by atoms with Gasteiger partial charge in [0, 0.05) is 29.6 Å². The van der Waals surface area contributed by atoms with Gasteiger partial charge in [0.1, 0.15) is 5.84 Å². The molecule has 3 nitrogen and oxygen atoms in total. The number of anilines is 1. The normalized spacial score (nSPS) is 20.4. The fourth-order valence-corrected chi connectivity index (χ4v) is 4.29. The molecule has 1 fully saturated rings. The molecule has 2 heterocycles. The highest BCUT2D eigenvalue weighted by Crippen LogP contribution is 2.40. The van der Waals surface area contributed by atoms with Crippen molar-refractivity contribution in [2.24, 2.45) is 5.10 Å². The first-order valence-corrected chi connectivity index (χ1v) is 10.1. The summed E-state index contributed by atoms with van der Waals surface area (Å²) in [6.07, 6.45) is 4.62. The van der Waals surface area contributed by atoms with Crippen LogP contribution in [0.25, 0.3) is 0 Å². The van der Waals surface area contributed by atoms with Crippen molar-refractivity contribution < 1.29 is 0 Å². The third kappa shape index (κ3) is 3.66. The molecular weight excluding hydrogens is 389 g/mol. The van der Waals surface area contributed by atoms with Gasteiger partial charge in [-0.15, -0.1) is 0 Å². The molecule has 26 heavy (non-hydrogen) atoms. The molecule has 0 amide bonds. The maximum atomic E-state index is 6.49. The highest BCUT2D eigenvalue weighted by atomic mass is 35.5. The molecule has 6 heteroatoms. The Morgan fingerprint density at radius 2 is 1.54 bits per heavy atom. The second-order valence-electron chi connectivity index (χ2n) is 6.78. The standard InChI is InChI=1S/C20H20Cl3N3/c21-15-6-4-14(5-7-15)19-13-20(25-10-2-1-3-11-25)24-26(19)18-9-8-16(22)12-17(18)23/h4-9,12,19H,1-3,10-11,13H2. The summed E-state index contributed by atoms with van der Waals surface area (Å²) >= 11 is 18.7. The van der Waals surface area contributed by atoms with E-state index in [1.54, 1.807) is 6.07 Å². The van der Waals surface area contributed by atoms with E-state index < -0.39 is 0 Å². The molecule has 1 atom stereocenters. The molecule has 0 bridgehead atoms. The lowest BCUT2D eigenvalue weighted by Gasteiger charge is -2.28. The van der Waals surface area contributed by atoms with Gasteiger partial charge in [-0.05, 0) is 55.2 Å². The number of amidine groups is 1. The van der Waals surface area contributed by atoms with Gasteiger partial charge in [0.25, 0.3) is 0 Å². The quantitative estimate of drug-likeness (QED) is 0.572. The van der Waals surface area contributed by atoms with Crippen LogP contribution in [0.3, 0.4) is 0 Å². The molecule has 136 valence electrons. The van der Waals surface area contributed by atoms with Crippen molar-refractivity contribution >= 4 is 46.3 Å². The van der Waals surface area contributed by atoms with Crippen LogP contribution in [-0.4, -0.2) is 23.8 Å². The van der Waals surface area contributed by atoms with Gasteiger partial charge in [-0.2, -0.15) is 5.10 Å². The predicted molar refractivity (Wildman–Crippen MR) is 111 cm³/mol. The zero-order valence-electron chi connectivity index (χ0n) is 14.3. The highest BCUT2D eigenvalue weighted by Gasteiger charge is 2.33. The lowest BCUT2D eigenvalue weighted by atomic mass is 10.0. The lowest BCUT2D eigenvalue weighted by molar-refractivity contribution is 0.338. The molecule has 0 radical (unpaired) electrons. The van der Waals surface area contributed by atoms with E-state index in [0.717, 1.165) is 36.1 Å². The molecule has 0 aliphatic carbocycles. The van der Waals surface area contributed by atoms with Gasteiger partial charge in [0.05, 0.1) is 16.8 Å². The molecule has 0 N–H and O–H groups in total. The van der Waals surface area contributed by atoms with E-state index >= 15 is 0 Å². The molecule has 2 aliphatic rings. The number of hydrazone groups is 1. The number of benzene rings is 2. The van der Waals surface area contributed by atoms with Gasteiger partial charge >= 0.3 is 0 Å². The number of hydrogen-bond acceptors (Lipinski definition) is 3. The highest BCUT2D eigenvalue weighted by molar-refractivity contribution is 6.36. The van der Waals surface area contributed by atoms with E-state index in [4.69, 9.17) is 39.9 Å². The molecule has 0 aromatic heterocycles. The fourth-order valence-electron chi connectivity index (χ4n) is 3.67. The summed E-state index contributed by atoms with van der Waals surface area (Å²) in [7, 11) is 0. The first kappa shape index (κ1) is 18.0. The molecular formula is C20H20Cl3N3. The van der Waals surface area contributed by atoms with Gasteiger partial charge in [0.15, 0.2) is 0 Å². The van der Waals surface area contributed by atoms with Crippen LogP contribution < -0.4 is 5.01 Å². The molecule has 1 saturated heterocycles. The van der Waals surface area contributed by atoms with Gasteiger partial charge in [-0.3, -0.25) is 5.01 Å². The molecule has 0 spiro atoms. The minimum atomic E-state index is 0.0999. The maximum Gasteiger partial charge on any atom is 0.127 e. The number of rotatable bonds is 2. The first-order chi connectivity index (χ1) is 12.6. The van der Waals surface area contributed by atoms with Crippen LogP contribution in [-0.2, 0) is 0 Å². The van der Waals surface area contributed by atoms with Crippen LogP contribution in [0.4, 0.5) is 5.69 Å². The van der Waals surface area contributed by atoms with Crippen molar-refractivity contribution in [3.8, 4) is 0 Å². The molecule has 2 aromatic rings. The smallest absolute Gasteiger partial charge is 0.127 e. The van der Waals surface area contributed by atoms with Crippen molar-refractivity contribution in [3.05, 3.63) is 63.1 Å². The lowest BCUT2D eigenvalue weighted by Crippen LogP contribution is -2.34. The Hall–Kier alpha value is -1.42. The van der Waals surface area contributed by atoms with Crippen molar-refractivity contribution in [3.63, 3.8) is 0 Å². The largest absolute Gasteiger partial charge is 0.359 e. The minimum absolute atomic E-state index is 0.0999. The summed E-state index contributed by atoms with van der Waals surface area (Å²) in [5.74, 6) is 1.13. The third-order valence-corrected chi connectivity index (χ3v) is 5.82. The molecule has 2 aromatic carbocycles. The van der Waals surface area contributed by atoms with Crippen molar-refractivity contribution in [1.29, 1.82) is 0 Å². The average molecular weight is 409 g/mol. The van der Waals surface area contributed by atoms with Gasteiger partial charge in [0.2, 0.25) is 0 Å². The van der Waals surface area contributed by atoms with Crippen molar-refractivity contribution in [2.45, 2.75) is 31.7 Å². The summed E-state index contributed by atoms with van der Waals surface area (Å²) in [5.41, 5.74) is 2.05. The van der Waals surface area contributed by atoms with E-state index in [-0.39, 0.29) is 6.04 Å². The Morgan fingerprint density at radius 1 is 0.846 bits per heavy atom. The summed E-state index contributed by atoms with van der Waals surface area (Å²) in [5, 5.41) is 8.98. The number of piperidine rings is 1. The minimum Gasteiger partial charge on any atom is -0.359 e. The summed E-state index contributed by atoms with van der Waals surface area (Å²) in [4.78, 5) is 2.41. The Kier molecular flexibility index (Phi) is 5.30. The zero-order valence-corrected chi connectivity index (χ0v) is 16.6. The van der Waals surface area contributed by atoms with Crippen LogP contribution in [0.1, 0.15) is 37.3 Å². The first-order valence-electron chi connectivity index (χ1n) is 8.94. The molecule has 1 unspecified atom stereocenters. The summed E-state index contributed by atoms with van der Waals surface area (Å²) < 4.78 is 0. The summed E-state index contributed by atoms with van der Waals surface area (Å²) in [6, 6.07) is 13.7. The topological polar surface area (TPSA) is 18.8 Å². The van der Waals surface area contributed by atoms with E-state index in [0.29, 0.717) is 10.0 Å². The molecule has 0 saturated carbocycles. The van der Waals surface area contributed by atoms with Gasteiger partial charge in [-0.1, -0.05) is 46.9 Å². The second kappa shape index (κ2) is 7.67. The third-order valence-electron chi connectivity index (χ3n) is 5.03. The molecule has 2 aliphatic heterocycles. The molecule has 4 rings (SSSR count). The SMILES string of the molecule is Clc1ccc(C2CC(N3CCCCC3)=NN2c2ccc(Cl)cc2Cl)cc1. The Balaban J connectivity index is 1.71. The Labute approximate surface area is 169 Å². The fraction of sp³-hybridized carbons (Fsp3) is 0.350. The van der Waals surface area contributed by atoms with E-state index in [2.05, 4.69) is 17.0 Å². The maximum absolute atomic E-state index is 6.49. The van der Waals surface area contributed by atoms with Crippen LogP contribution >= 0.6 is 34.8 Å². The number of nitrogens with zero attached hydrogens (tertiary/aromatic N) is 3. The van der Waals surface area contributed by atoms with E-state index in [1.165, 1.54) is 24.8 Å². The number of likely N-dealkylation sites (tertiary alicyclic amines) is 1. The van der Waals surface area contributed by atoms with Crippen molar-refractivity contribution in [1.82, 2.24) is 4.90 Å². The van der Waals surface area contributed by atoms with Crippen LogP contribution in [0, 0.1) is 0 Å². The Bertz CT molecular complexity index is 814. The number of hydrogen-bond donors (Lipinski definition) is 0. The van der Waals surface area contributed by atoms with E-state index in [9.17, 15) is 0 Å². The predicted octanol–water partition coefficient (Wildman–Crippen LogP) is 6.40. The Morgan fingerprint density at radius 3 is 2.23 bits per heavy atom. The van der Waals surface area contributed by atoms with Crippen LogP contribution in [0.2, 0.25) is 15.1 Å². The van der Waals surface area contributed by atoms with Crippen LogP contribution in [0.15, 0.2) is 47.6 Å². The summed E-state index contributed by atoms with van der Waals surface area (Å²) in [6.45, 7) is 2.16. The number of halogens is 3.